The van der Waals surface area contributed by atoms with Crippen molar-refractivity contribution in [2.75, 3.05) is 6.61 Å². The van der Waals surface area contributed by atoms with E-state index in [1.807, 2.05) is 18.2 Å². The van der Waals surface area contributed by atoms with E-state index >= 15 is 0 Å². The minimum absolute atomic E-state index is 0.143. The standard InChI is InChI=1S/C32H42O4/c1-22(2)30(32(5,6)7)27-19-20-28(26-17-12-11-16-25(26)27)36-31(23(3)4)34-21-13-18-29(33)35-24-14-9-8-10-15-24/h8-12,14-17,19-20,22-23,30-31H,13,18,21H2,1-7H3. The number of rotatable bonds is 11. The second-order valence-electron chi connectivity index (χ2n) is 11.3. The zero-order valence-corrected chi connectivity index (χ0v) is 22.9. The van der Waals surface area contributed by atoms with Gasteiger partial charge in [-0.15, -0.1) is 0 Å². The molecule has 4 heteroatoms. The fraction of sp³-hybridized carbons (Fsp3) is 0.469. The van der Waals surface area contributed by atoms with Crippen LogP contribution < -0.4 is 9.47 Å². The monoisotopic (exact) mass is 490 g/mol. The summed E-state index contributed by atoms with van der Waals surface area (Å²) in [6.07, 6.45) is 0.452. The van der Waals surface area contributed by atoms with Crippen molar-refractivity contribution in [1.82, 2.24) is 0 Å². The van der Waals surface area contributed by atoms with Gasteiger partial charge in [0.25, 0.3) is 0 Å². The first-order valence-corrected chi connectivity index (χ1v) is 13.1. The zero-order chi connectivity index (χ0) is 26.3. The summed E-state index contributed by atoms with van der Waals surface area (Å²) in [5, 5.41) is 2.33. The average molecular weight is 491 g/mol. The van der Waals surface area contributed by atoms with Gasteiger partial charge in [-0.25, -0.2) is 0 Å². The largest absolute Gasteiger partial charge is 0.464 e. The van der Waals surface area contributed by atoms with E-state index in [2.05, 4.69) is 84.9 Å². The molecule has 0 saturated carbocycles. The molecule has 0 heterocycles. The van der Waals surface area contributed by atoms with Crippen LogP contribution >= 0.6 is 0 Å². The molecule has 0 N–H and O–H groups in total. The molecule has 0 aliphatic heterocycles. The maximum Gasteiger partial charge on any atom is 0.311 e. The Balaban J connectivity index is 1.69. The van der Waals surface area contributed by atoms with Crippen molar-refractivity contribution in [2.45, 2.75) is 73.5 Å². The van der Waals surface area contributed by atoms with Gasteiger partial charge >= 0.3 is 5.97 Å². The van der Waals surface area contributed by atoms with Crippen LogP contribution in [-0.4, -0.2) is 18.9 Å². The Labute approximate surface area is 217 Å². The third kappa shape index (κ3) is 7.33. The van der Waals surface area contributed by atoms with Crippen molar-refractivity contribution < 1.29 is 19.0 Å². The van der Waals surface area contributed by atoms with E-state index in [0.29, 0.717) is 37.0 Å². The Morgan fingerprint density at radius 1 is 0.806 bits per heavy atom. The smallest absolute Gasteiger partial charge is 0.311 e. The second kappa shape index (κ2) is 12.4. The lowest BCUT2D eigenvalue weighted by Crippen LogP contribution is -2.27. The first-order valence-electron chi connectivity index (χ1n) is 13.1. The maximum atomic E-state index is 12.1. The topological polar surface area (TPSA) is 44.8 Å². The number of para-hydroxylation sites is 1. The highest BCUT2D eigenvalue weighted by atomic mass is 16.7. The fourth-order valence-electron chi connectivity index (χ4n) is 5.07. The summed E-state index contributed by atoms with van der Waals surface area (Å²) < 4.78 is 17.9. The van der Waals surface area contributed by atoms with Crippen LogP contribution in [0.3, 0.4) is 0 Å². The van der Waals surface area contributed by atoms with Gasteiger partial charge in [0.15, 0.2) is 0 Å². The van der Waals surface area contributed by atoms with E-state index in [1.165, 1.54) is 10.9 Å². The van der Waals surface area contributed by atoms with Crippen molar-refractivity contribution in [3.63, 3.8) is 0 Å². The van der Waals surface area contributed by atoms with Gasteiger partial charge in [-0.2, -0.15) is 0 Å². The van der Waals surface area contributed by atoms with Gasteiger partial charge < -0.3 is 14.2 Å². The molecule has 2 atom stereocenters. The first-order chi connectivity index (χ1) is 17.1. The fourth-order valence-corrected chi connectivity index (χ4v) is 5.07. The van der Waals surface area contributed by atoms with E-state index in [9.17, 15) is 4.79 Å². The Morgan fingerprint density at radius 2 is 1.44 bits per heavy atom. The Morgan fingerprint density at radius 3 is 2.06 bits per heavy atom. The third-order valence-electron chi connectivity index (χ3n) is 6.42. The molecular weight excluding hydrogens is 448 g/mol. The first kappa shape index (κ1) is 27.7. The number of carbonyl (C=O) groups is 1. The molecule has 0 aromatic heterocycles. The quantitative estimate of drug-likeness (QED) is 0.117. The van der Waals surface area contributed by atoms with Crippen LogP contribution in [0.25, 0.3) is 10.8 Å². The molecule has 0 saturated heterocycles. The van der Waals surface area contributed by atoms with Crippen LogP contribution in [0, 0.1) is 17.3 Å². The molecule has 0 bridgehead atoms. The van der Waals surface area contributed by atoms with Gasteiger partial charge in [0.1, 0.15) is 11.5 Å². The van der Waals surface area contributed by atoms with Gasteiger partial charge in [-0.05, 0) is 52.8 Å². The van der Waals surface area contributed by atoms with Gasteiger partial charge in [-0.3, -0.25) is 4.79 Å². The normalized spacial score (nSPS) is 13.7. The van der Waals surface area contributed by atoms with Crippen LogP contribution in [0.4, 0.5) is 0 Å². The van der Waals surface area contributed by atoms with E-state index in [-0.39, 0.29) is 17.3 Å². The highest BCUT2D eigenvalue weighted by Gasteiger charge is 2.31. The van der Waals surface area contributed by atoms with Crippen LogP contribution in [0.5, 0.6) is 11.5 Å². The van der Waals surface area contributed by atoms with Crippen LogP contribution in [0.1, 0.15) is 72.8 Å². The predicted molar refractivity (Wildman–Crippen MR) is 147 cm³/mol. The SMILES string of the molecule is CC(C)C(OCCCC(=O)Oc1ccccc1)Oc1ccc(C(C(C)C)C(C)(C)C)c2ccccc12. The average Bonchev–Trinajstić information content (AvgIpc) is 2.81. The highest BCUT2D eigenvalue weighted by Crippen LogP contribution is 2.44. The number of fused-ring (bicyclic) bond motifs is 1. The minimum Gasteiger partial charge on any atom is -0.464 e. The summed E-state index contributed by atoms with van der Waals surface area (Å²) in [6, 6.07) is 21.9. The molecule has 3 aromatic carbocycles. The second-order valence-corrected chi connectivity index (χ2v) is 11.3. The number of hydrogen-bond donors (Lipinski definition) is 0. The Kier molecular flexibility index (Phi) is 9.56. The molecule has 0 amide bonds. The lowest BCUT2D eigenvalue weighted by molar-refractivity contribution is -0.136. The summed E-state index contributed by atoms with van der Waals surface area (Å²) in [5.74, 6) is 2.22. The van der Waals surface area contributed by atoms with E-state index in [1.54, 1.807) is 12.1 Å². The van der Waals surface area contributed by atoms with Crippen molar-refractivity contribution in [3.05, 3.63) is 72.3 Å². The number of benzene rings is 3. The summed E-state index contributed by atoms with van der Waals surface area (Å²) in [7, 11) is 0. The molecule has 0 aliphatic rings. The summed E-state index contributed by atoms with van der Waals surface area (Å²) in [4.78, 5) is 12.1. The van der Waals surface area contributed by atoms with Crippen molar-refractivity contribution >= 4 is 16.7 Å². The number of esters is 1. The van der Waals surface area contributed by atoms with Crippen molar-refractivity contribution in [1.29, 1.82) is 0 Å². The Bertz CT molecular complexity index is 1110. The van der Waals surface area contributed by atoms with Gasteiger partial charge in [-0.1, -0.05) is 97.0 Å². The molecule has 0 spiro atoms. The highest BCUT2D eigenvalue weighted by molar-refractivity contribution is 5.91. The molecule has 0 aliphatic carbocycles. The summed E-state index contributed by atoms with van der Waals surface area (Å²) in [5.41, 5.74) is 1.50. The van der Waals surface area contributed by atoms with E-state index in [4.69, 9.17) is 14.2 Å². The van der Waals surface area contributed by atoms with Gasteiger partial charge in [0, 0.05) is 17.7 Å². The molecule has 36 heavy (non-hydrogen) atoms. The van der Waals surface area contributed by atoms with E-state index in [0.717, 1.165) is 11.1 Å². The molecule has 194 valence electrons. The summed E-state index contributed by atoms with van der Waals surface area (Å²) in [6.45, 7) is 16.1. The predicted octanol–water partition coefficient (Wildman–Crippen LogP) is 8.39. The van der Waals surface area contributed by atoms with Crippen LogP contribution in [-0.2, 0) is 9.53 Å². The van der Waals surface area contributed by atoms with Gasteiger partial charge in [0.2, 0.25) is 6.29 Å². The summed E-state index contributed by atoms with van der Waals surface area (Å²) >= 11 is 0. The van der Waals surface area contributed by atoms with Crippen LogP contribution in [0.15, 0.2) is 66.7 Å². The van der Waals surface area contributed by atoms with Crippen molar-refractivity contribution in [3.8, 4) is 11.5 Å². The number of carbonyl (C=O) groups excluding carboxylic acids is 1. The minimum atomic E-state index is -0.409. The Hall–Kier alpha value is -2.85. The molecular formula is C32H42O4. The van der Waals surface area contributed by atoms with E-state index < -0.39 is 6.29 Å². The molecule has 3 aromatic rings. The molecule has 4 nitrogen and oxygen atoms in total. The molecule has 0 fully saturated rings. The molecule has 0 radical (unpaired) electrons. The number of ether oxygens (including phenoxy) is 3. The molecule has 3 rings (SSSR count). The van der Waals surface area contributed by atoms with Crippen LogP contribution in [0.2, 0.25) is 0 Å². The molecule has 2 unspecified atom stereocenters. The zero-order valence-electron chi connectivity index (χ0n) is 22.9. The maximum absolute atomic E-state index is 12.1. The lowest BCUT2D eigenvalue weighted by atomic mass is 9.69. The van der Waals surface area contributed by atoms with Gasteiger partial charge in [0.05, 0.1) is 6.61 Å². The lowest BCUT2D eigenvalue weighted by Gasteiger charge is -2.35. The third-order valence-corrected chi connectivity index (χ3v) is 6.42. The van der Waals surface area contributed by atoms with Crippen molar-refractivity contribution in [2.24, 2.45) is 17.3 Å². The number of hydrogen-bond acceptors (Lipinski definition) is 4.